The van der Waals surface area contributed by atoms with Gasteiger partial charge in [0.15, 0.2) is 11.5 Å². The van der Waals surface area contributed by atoms with Crippen molar-refractivity contribution in [3.63, 3.8) is 0 Å². The highest BCUT2D eigenvalue weighted by molar-refractivity contribution is 8.18. The second-order valence-corrected chi connectivity index (χ2v) is 13.4. The molecule has 2 aliphatic rings. The summed E-state index contributed by atoms with van der Waals surface area (Å²) in [5, 5.41) is 2.26. The van der Waals surface area contributed by atoms with E-state index in [1.54, 1.807) is 30.3 Å². The summed E-state index contributed by atoms with van der Waals surface area (Å²) in [4.78, 5) is 40.8. The van der Waals surface area contributed by atoms with Gasteiger partial charge >= 0.3 is 0 Å². The first-order valence-corrected chi connectivity index (χ1v) is 17.0. The van der Waals surface area contributed by atoms with Crippen LogP contribution in [0.3, 0.4) is 0 Å². The minimum atomic E-state index is -4.08. The fraction of sp³-hybridized carbons (Fsp3) is 0.303. The van der Waals surface area contributed by atoms with Gasteiger partial charge in [0.2, 0.25) is 21.7 Å². The van der Waals surface area contributed by atoms with E-state index in [0.29, 0.717) is 35.2 Å². The van der Waals surface area contributed by atoms with Gasteiger partial charge < -0.3 is 24.3 Å². The van der Waals surface area contributed by atoms with Crippen molar-refractivity contribution in [2.24, 2.45) is 0 Å². The highest BCUT2D eigenvalue weighted by Crippen LogP contribution is 2.40. The predicted molar refractivity (Wildman–Crippen MR) is 176 cm³/mol. The molecule has 14 heteroatoms. The van der Waals surface area contributed by atoms with Crippen molar-refractivity contribution in [2.45, 2.75) is 30.8 Å². The number of ether oxygens (including phenoxy) is 4. The number of carbonyl (C=O) groups excluding carboxylic acids is 3. The van der Waals surface area contributed by atoms with Crippen LogP contribution in [0, 0.1) is 0 Å². The van der Waals surface area contributed by atoms with E-state index in [1.165, 1.54) is 37.8 Å². The number of imide groups is 1. The van der Waals surface area contributed by atoms with Crippen molar-refractivity contribution in [2.75, 3.05) is 41.0 Å². The molecule has 1 atom stereocenters. The van der Waals surface area contributed by atoms with E-state index >= 15 is 0 Å². The number of benzene rings is 3. The molecule has 2 heterocycles. The van der Waals surface area contributed by atoms with Crippen molar-refractivity contribution >= 4 is 44.9 Å². The smallest absolute Gasteiger partial charge is 0.293 e. The molecule has 0 aliphatic carbocycles. The van der Waals surface area contributed by atoms with E-state index in [-0.39, 0.29) is 35.9 Å². The van der Waals surface area contributed by atoms with Crippen LogP contribution in [0.15, 0.2) is 70.5 Å². The molecule has 5 rings (SSSR count). The Balaban J connectivity index is 1.30. The van der Waals surface area contributed by atoms with Crippen molar-refractivity contribution in [3.8, 4) is 23.0 Å². The molecule has 1 unspecified atom stereocenters. The van der Waals surface area contributed by atoms with E-state index in [0.717, 1.165) is 27.8 Å². The molecule has 0 radical (unpaired) electrons. The lowest BCUT2D eigenvalue weighted by Gasteiger charge is -2.35. The zero-order valence-corrected chi connectivity index (χ0v) is 28.0. The monoisotopic (exact) mass is 681 g/mol. The number of sulfonamides is 1. The number of methoxy groups -OCH3 is 3. The third kappa shape index (κ3) is 7.09. The van der Waals surface area contributed by atoms with Gasteiger partial charge in [0.1, 0.15) is 11.8 Å². The van der Waals surface area contributed by atoms with Crippen molar-refractivity contribution in [3.05, 3.63) is 82.3 Å². The molecule has 0 saturated carbocycles. The number of amides is 3. The number of nitrogens with one attached hydrogen (secondary N) is 1. The molecule has 3 aromatic rings. The molecule has 47 heavy (non-hydrogen) atoms. The first-order valence-electron chi connectivity index (χ1n) is 14.8. The first kappa shape index (κ1) is 33.8. The molecule has 0 bridgehead atoms. The second-order valence-electron chi connectivity index (χ2n) is 10.5. The Morgan fingerprint density at radius 1 is 0.979 bits per heavy atom. The molecule has 12 nitrogen and oxygen atoms in total. The minimum absolute atomic E-state index is 0.0125. The zero-order chi connectivity index (χ0) is 33.7. The number of hydrogen-bond acceptors (Lipinski definition) is 10. The Labute approximate surface area is 277 Å². The van der Waals surface area contributed by atoms with Gasteiger partial charge in [0, 0.05) is 19.6 Å². The van der Waals surface area contributed by atoms with Crippen LogP contribution in [0.1, 0.15) is 23.6 Å². The lowest BCUT2D eigenvalue weighted by Crippen LogP contribution is -2.53. The maximum absolute atomic E-state index is 13.8. The topological polar surface area (TPSA) is 141 Å². The lowest BCUT2D eigenvalue weighted by molar-refractivity contribution is -0.126. The fourth-order valence-electron chi connectivity index (χ4n) is 5.42. The highest BCUT2D eigenvalue weighted by atomic mass is 32.2. The van der Waals surface area contributed by atoms with Crippen LogP contribution in [-0.4, -0.2) is 81.7 Å². The second kappa shape index (κ2) is 14.5. The summed E-state index contributed by atoms with van der Waals surface area (Å²) < 4.78 is 50.4. The van der Waals surface area contributed by atoms with E-state index < -0.39 is 33.1 Å². The summed E-state index contributed by atoms with van der Waals surface area (Å²) in [5.41, 5.74) is 2.24. The van der Waals surface area contributed by atoms with Crippen molar-refractivity contribution in [1.29, 1.82) is 0 Å². The molecule has 3 amide bonds. The van der Waals surface area contributed by atoms with Gasteiger partial charge in [-0.3, -0.25) is 19.3 Å². The van der Waals surface area contributed by atoms with Crippen molar-refractivity contribution in [1.82, 2.24) is 14.5 Å². The SMILES string of the molecule is CCOc1ccc(S(=O)(=O)N2Cc3ccccc3CC2C(=O)NCCN2C(=O)S/C(=C/c3cc(OC)c(OC)c(OC)c3)C2=O)cc1. The average Bonchev–Trinajstić information content (AvgIpc) is 3.34. The fourth-order valence-corrected chi connectivity index (χ4v) is 7.85. The quantitative estimate of drug-likeness (QED) is 0.278. The van der Waals surface area contributed by atoms with Crippen LogP contribution < -0.4 is 24.3 Å². The number of thioether (sulfide) groups is 1. The van der Waals surface area contributed by atoms with E-state index in [1.807, 2.05) is 31.2 Å². The molecule has 1 saturated heterocycles. The normalized spacial score (nSPS) is 17.4. The Hall–Kier alpha value is -4.53. The van der Waals surface area contributed by atoms with Gasteiger partial charge in [0.25, 0.3) is 11.1 Å². The number of nitrogens with zero attached hydrogens (tertiary/aromatic N) is 2. The molecule has 1 fully saturated rings. The lowest BCUT2D eigenvalue weighted by atomic mass is 9.95. The van der Waals surface area contributed by atoms with Gasteiger partial charge in [0.05, 0.1) is 37.7 Å². The molecule has 1 N–H and O–H groups in total. The maximum Gasteiger partial charge on any atom is 0.293 e. The number of hydrogen-bond donors (Lipinski definition) is 1. The molecular formula is C33H35N3O9S2. The van der Waals surface area contributed by atoms with Crippen LogP contribution >= 0.6 is 11.8 Å². The molecule has 0 spiro atoms. The van der Waals surface area contributed by atoms with E-state index in [4.69, 9.17) is 18.9 Å². The highest BCUT2D eigenvalue weighted by Gasteiger charge is 2.40. The largest absolute Gasteiger partial charge is 0.494 e. The van der Waals surface area contributed by atoms with Gasteiger partial charge in [-0.05, 0) is 84.3 Å². The minimum Gasteiger partial charge on any atom is -0.494 e. The Morgan fingerprint density at radius 2 is 1.64 bits per heavy atom. The molecule has 0 aromatic heterocycles. The zero-order valence-electron chi connectivity index (χ0n) is 26.3. The van der Waals surface area contributed by atoms with Gasteiger partial charge in [-0.2, -0.15) is 4.31 Å². The third-order valence-corrected chi connectivity index (χ3v) is 10.5. The van der Waals surface area contributed by atoms with Crippen LogP contribution in [0.5, 0.6) is 23.0 Å². The summed E-state index contributed by atoms with van der Waals surface area (Å²) >= 11 is 0.774. The van der Waals surface area contributed by atoms with Gasteiger partial charge in [-0.25, -0.2) is 8.42 Å². The Kier molecular flexibility index (Phi) is 10.4. The van der Waals surface area contributed by atoms with Crippen LogP contribution in [-0.2, 0) is 32.6 Å². The number of carbonyl (C=O) groups is 3. The molecule has 248 valence electrons. The average molecular weight is 682 g/mol. The van der Waals surface area contributed by atoms with Crippen LogP contribution in [0.4, 0.5) is 4.79 Å². The maximum atomic E-state index is 13.8. The molecular weight excluding hydrogens is 647 g/mol. The Morgan fingerprint density at radius 3 is 2.26 bits per heavy atom. The standard InChI is InChI=1S/C33H35N3O9S2/c1-5-45-24-10-12-25(13-11-24)47(40,41)36-20-23-9-7-6-8-22(23)19-26(36)31(37)34-14-15-35-32(38)29(46-33(35)39)18-21-16-27(42-2)30(44-4)28(17-21)43-3/h6-13,16-18,26H,5,14-15,19-20H2,1-4H3,(H,34,37)/b29-18+. The molecule has 3 aromatic carbocycles. The van der Waals surface area contributed by atoms with E-state index in [9.17, 15) is 22.8 Å². The summed E-state index contributed by atoms with van der Waals surface area (Å²) in [6, 6.07) is 15.7. The summed E-state index contributed by atoms with van der Waals surface area (Å²) in [7, 11) is 0.356. The van der Waals surface area contributed by atoms with Crippen LogP contribution in [0.25, 0.3) is 6.08 Å². The first-order chi connectivity index (χ1) is 22.6. The Bertz CT molecular complexity index is 1780. The number of rotatable bonds is 12. The number of fused-ring (bicyclic) bond motifs is 1. The summed E-state index contributed by atoms with van der Waals surface area (Å²) in [5.74, 6) is 0.662. The summed E-state index contributed by atoms with van der Waals surface area (Å²) in [6.07, 6.45) is 1.72. The summed E-state index contributed by atoms with van der Waals surface area (Å²) in [6.45, 7) is 2.12. The van der Waals surface area contributed by atoms with E-state index in [2.05, 4.69) is 5.32 Å². The third-order valence-electron chi connectivity index (χ3n) is 7.74. The van der Waals surface area contributed by atoms with Gasteiger partial charge in [-0.1, -0.05) is 24.3 Å². The molecule has 2 aliphatic heterocycles. The van der Waals surface area contributed by atoms with Gasteiger partial charge in [-0.15, -0.1) is 0 Å². The van der Waals surface area contributed by atoms with Crippen molar-refractivity contribution < 1.29 is 41.7 Å². The van der Waals surface area contributed by atoms with Crippen LogP contribution in [0.2, 0.25) is 0 Å². The predicted octanol–water partition coefficient (Wildman–Crippen LogP) is 4.08.